The Labute approximate surface area is 286 Å². The number of piperidine rings is 6. The van der Waals surface area contributed by atoms with Gasteiger partial charge >= 0.3 is 0 Å². The monoisotopic (exact) mass is 683 g/mol. The fraction of sp³-hybridized carbons (Fsp3) is 0.543. The van der Waals surface area contributed by atoms with E-state index in [2.05, 4.69) is 52.2 Å². The van der Waals surface area contributed by atoms with E-state index >= 15 is 0 Å². The Bertz CT molecular complexity index is 1570. The number of thiazole rings is 2. The number of nitrogens with zero attached hydrogens (tertiary/aromatic N) is 4. The molecule has 6 aliphatic rings. The molecule has 0 spiro atoms. The maximum atomic E-state index is 12.8. The van der Waals surface area contributed by atoms with Crippen LogP contribution in [0.3, 0.4) is 0 Å². The van der Waals surface area contributed by atoms with E-state index < -0.39 is 0 Å². The number of para-hydroxylation sites is 2. The molecule has 0 amide bonds. The van der Waals surface area contributed by atoms with Crippen LogP contribution in [0.15, 0.2) is 48.5 Å². The van der Waals surface area contributed by atoms with Crippen molar-refractivity contribution in [2.45, 2.75) is 76.9 Å². The van der Waals surface area contributed by atoms with Crippen LogP contribution in [0.2, 0.25) is 0 Å². The lowest BCUT2D eigenvalue weighted by Gasteiger charge is -2.56. The summed E-state index contributed by atoms with van der Waals surface area (Å²) < 4.78 is 6.75. The van der Waals surface area contributed by atoms with Gasteiger partial charge in [0.05, 0.1) is 20.4 Å². The molecule has 2 aromatic carbocycles. The molecule has 6 saturated heterocycles. The van der Waals surface area contributed by atoms with Crippen molar-refractivity contribution >= 4 is 67.8 Å². The molecule has 248 valence electrons. The van der Waals surface area contributed by atoms with Crippen molar-refractivity contribution in [1.29, 1.82) is 0 Å². The molecular formula is C35H46ClN5O3S2. The molecule has 46 heavy (non-hydrogen) atoms. The highest BCUT2D eigenvalue weighted by Crippen LogP contribution is 2.46. The summed E-state index contributed by atoms with van der Waals surface area (Å²) in [6.07, 6.45) is 5.80. The Balaban J connectivity index is 0.000000147. The standard InChI is InChI=1S/C18H22N2OS.C9H18N2.C8H5NO2S.ClH/c1-18(2)13(12-7-9-20(18)10-8-12)11-15(21)17-19-14-5-3-4-6-16(14)22-17;1-9(2)8(10)7-3-5-11(9)6-4-7;10-5-11-8-9-6-3-1-2-4-7(6)12-8;/h3-6,12-13H,7-11H2,1-2H3;7-8H,3-6,10H2,1-2H3;1-5H;1H/t13-;8-;;/m00../s1. The summed E-state index contributed by atoms with van der Waals surface area (Å²) >= 11 is 2.90. The van der Waals surface area contributed by atoms with Crippen LogP contribution in [-0.4, -0.2) is 75.3 Å². The Morgan fingerprint density at radius 2 is 1.37 bits per heavy atom. The van der Waals surface area contributed by atoms with Gasteiger partial charge in [-0.3, -0.25) is 19.4 Å². The number of rotatable bonds is 5. The normalized spacial score (nSPS) is 28.3. The van der Waals surface area contributed by atoms with Crippen molar-refractivity contribution in [2.24, 2.45) is 23.5 Å². The van der Waals surface area contributed by atoms with Crippen molar-refractivity contribution < 1.29 is 14.3 Å². The van der Waals surface area contributed by atoms with Gasteiger partial charge in [0.2, 0.25) is 0 Å². The number of hydrogen-bond acceptors (Lipinski definition) is 10. The van der Waals surface area contributed by atoms with Gasteiger partial charge in [0.1, 0.15) is 0 Å². The molecule has 0 unspecified atom stereocenters. The highest BCUT2D eigenvalue weighted by Gasteiger charge is 2.48. The Morgan fingerprint density at radius 3 is 1.85 bits per heavy atom. The van der Waals surface area contributed by atoms with Gasteiger partial charge in [0.15, 0.2) is 10.8 Å². The largest absolute Gasteiger partial charge is 0.400 e. The Morgan fingerprint density at radius 1 is 0.848 bits per heavy atom. The zero-order valence-corrected chi connectivity index (χ0v) is 29.6. The van der Waals surface area contributed by atoms with Crippen LogP contribution in [0.1, 0.15) is 69.6 Å². The summed E-state index contributed by atoms with van der Waals surface area (Å²) in [7, 11) is 0. The predicted octanol–water partition coefficient (Wildman–Crippen LogP) is 7.06. The quantitative estimate of drug-likeness (QED) is 0.176. The first kappa shape index (κ1) is 34.9. The van der Waals surface area contributed by atoms with E-state index in [4.69, 9.17) is 5.73 Å². The SMILES string of the molecule is CC1(C)[C@@H](CC(=O)c2nc3ccccc3s2)C2CCN1CC2.CC1(C)[C@@H](N)C2CCN1CC2.Cl.O=COc1nc2ccccc2s1. The Hall–Kier alpha value is -2.47. The van der Waals surface area contributed by atoms with Crippen LogP contribution < -0.4 is 10.5 Å². The van der Waals surface area contributed by atoms with E-state index in [0.717, 1.165) is 26.4 Å². The van der Waals surface area contributed by atoms with E-state index in [1.165, 1.54) is 74.5 Å². The third-order valence-corrected chi connectivity index (χ3v) is 12.9. The number of carbonyl (C=O) groups is 2. The molecular weight excluding hydrogens is 638 g/mol. The molecule has 0 saturated carbocycles. The van der Waals surface area contributed by atoms with Gasteiger partial charge in [-0.1, -0.05) is 35.6 Å². The molecule has 4 aromatic rings. The first-order chi connectivity index (χ1) is 21.6. The average molecular weight is 684 g/mol. The van der Waals surface area contributed by atoms with Gasteiger partial charge in [-0.15, -0.1) is 23.7 Å². The minimum Gasteiger partial charge on any atom is -0.400 e. The van der Waals surface area contributed by atoms with E-state index in [-0.39, 0.29) is 29.3 Å². The summed E-state index contributed by atoms with van der Waals surface area (Å²) in [6.45, 7) is 14.5. The fourth-order valence-corrected chi connectivity index (χ4v) is 9.65. The maximum Gasteiger partial charge on any atom is 0.300 e. The molecule has 8 nitrogen and oxygen atoms in total. The predicted molar refractivity (Wildman–Crippen MR) is 190 cm³/mol. The number of aromatic nitrogens is 2. The van der Waals surface area contributed by atoms with Crippen LogP contribution in [0.25, 0.3) is 20.4 Å². The molecule has 4 bridgehead atoms. The third-order valence-electron chi connectivity index (χ3n) is 10.9. The second kappa shape index (κ2) is 14.3. The number of benzene rings is 2. The minimum absolute atomic E-state index is 0. The lowest BCUT2D eigenvalue weighted by atomic mass is 9.65. The molecule has 2 atom stereocenters. The number of halogens is 1. The van der Waals surface area contributed by atoms with Crippen molar-refractivity contribution in [1.82, 2.24) is 19.8 Å². The fourth-order valence-electron chi connectivity index (χ4n) is 7.95. The minimum atomic E-state index is 0. The summed E-state index contributed by atoms with van der Waals surface area (Å²) in [5.74, 6) is 2.20. The first-order valence-electron chi connectivity index (χ1n) is 16.2. The number of ketones is 1. The van der Waals surface area contributed by atoms with Crippen molar-refractivity contribution in [3.8, 4) is 5.19 Å². The molecule has 0 aliphatic carbocycles. The van der Waals surface area contributed by atoms with Crippen LogP contribution in [0, 0.1) is 17.8 Å². The molecule has 0 radical (unpaired) electrons. The lowest BCUT2D eigenvalue weighted by molar-refractivity contribution is -0.120. The molecule has 6 fully saturated rings. The third kappa shape index (κ3) is 7.03. The molecule has 8 heterocycles. The van der Waals surface area contributed by atoms with Gasteiger partial charge in [-0.2, -0.15) is 0 Å². The smallest absolute Gasteiger partial charge is 0.300 e. The van der Waals surface area contributed by atoms with Crippen LogP contribution in [0.4, 0.5) is 0 Å². The first-order valence-corrected chi connectivity index (χ1v) is 17.8. The van der Waals surface area contributed by atoms with Crippen LogP contribution in [-0.2, 0) is 4.79 Å². The van der Waals surface area contributed by atoms with Crippen molar-refractivity contribution in [2.75, 3.05) is 26.2 Å². The molecule has 2 aromatic heterocycles. The van der Waals surface area contributed by atoms with Gasteiger partial charge in [-0.05, 0) is 122 Å². The zero-order chi connectivity index (χ0) is 31.8. The van der Waals surface area contributed by atoms with Crippen LogP contribution >= 0.6 is 35.1 Å². The van der Waals surface area contributed by atoms with Crippen LogP contribution in [0.5, 0.6) is 5.19 Å². The number of hydrogen-bond donors (Lipinski definition) is 1. The average Bonchev–Trinajstić information content (AvgIpc) is 3.67. The van der Waals surface area contributed by atoms with Crippen molar-refractivity contribution in [3.05, 3.63) is 53.5 Å². The summed E-state index contributed by atoms with van der Waals surface area (Å²) in [4.78, 5) is 36.5. The van der Waals surface area contributed by atoms with E-state index in [9.17, 15) is 9.59 Å². The highest BCUT2D eigenvalue weighted by atomic mass is 35.5. The van der Waals surface area contributed by atoms with Gasteiger partial charge in [0.25, 0.3) is 11.7 Å². The second-order valence-corrected chi connectivity index (χ2v) is 15.9. The van der Waals surface area contributed by atoms with Crippen molar-refractivity contribution in [3.63, 3.8) is 0 Å². The molecule has 10 rings (SSSR count). The van der Waals surface area contributed by atoms with Gasteiger partial charge < -0.3 is 10.5 Å². The van der Waals surface area contributed by atoms with E-state index in [1.54, 1.807) is 0 Å². The van der Waals surface area contributed by atoms with E-state index in [0.29, 0.717) is 41.0 Å². The Kier molecular flexibility index (Phi) is 10.9. The number of nitrogens with two attached hydrogens (primary N) is 1. The highest BCUT2D eigenvalue weighted by molar-refractivity contribution is 7.20. The summed E-state index contributed by atoms with van der Waals surface area (Å²) in [6, 6.07) is 16.1. The number of ether oxygens (including phenoxy) is 1. The second-order valence-electron chi connectivity index (χ2n) is 13.9. The zero-order valence-electron chi connectivity index (χ0n) is 27.2. The van der Waals surface area contributed by atoms with E-state index in [1.807, 2.05) is 48.5 Å². The van der Waals surface area contributed by atoms with Gasteiger partial charge in [-0.25, -0.2) is 9.97 Å². The topological polar surface area (TPSA) is 102 Å². The maximum absolute atomic E-state index is 12.8. The molecule has 11 heteroatoms. The number of Topliss-reactive ketones (excluding diaryl/α,β-unsaturated/α-hetero) is 1. The summed E-state index contributed by atoms with van der Waals surface area (Å²) in [5, 5.41) is 1.08. The number of carbonyl (C=O) groups excluding carboxylic acids is 2. The lowest BCUT2D eigenvalue weighted by Crippen LogP contribution is -2.67. The molecule has 2 N–H and O–H groups in total. The number of fused-ring (bicyclic) bond motifs is 8. The molecule has 6 aliphatic heterocycles. The summed E-state index contributed by atoms with van der Waals surface area (Å²) in [5.41, 5.74) is 8.38. The van der Waals surface area contributed by atoms with Gasteiger partial charge in [0, 0.05) is 23.5 Å².